The molecule has 1 heterocycles. The Morgan fingerprint density at radius 1 is 0.696 bits per heavy atom. The Balaban J connectivity index is 1.58. The first-order valence-corrected chi connectivity index (χ1v) is 14.8. The van der Waals surface area contributed by atoms with Crippen LogP contribution in [-0.4, -0.2) is 0 Å². The first-order chi connectivity index (χ1) is 11.2. The molecule has 23 heavy (non-hydrogen) atoms. The molecule has 0 saturated carbocycles. The summed E-state index contributed by atoms with van der Waals surface area (Å²) in [5.74, 6) is 1.31. The molecule has 3 aliphatic rings. The summed E-state index contributed by atoms with van der Waals surface area (Å²) >= 11 is -2.27. The number of allylic oxidation sites excluding steroid dienone is 2. The Kier molecular flexibility index (Phi) is 3.02. The first-order valence-electron chi connectivity index (χ1n) is 8.83. The van der Waals surface area contributed by atoms with E-state index in [4.69, 9.17) is 0 Å². The summed E-state index contributed by atoms with van der Waals surface area (Å²) in [4.78, 5) is 0. The van der Waals surface area contributed by atoms with Gasteiger partial charge in [-0.15, -0.1) is 0 Å². The molecule has 0 nitrogen and oxygen atoms in total. The molecule has 0 radical (unpaired) electrons. The van der Waals surface area contributed by atoms with Crippen LogP contribution in [-0.2, 0) is 20.3 Å². The topological polar surface area (TPSA) is 0 Å². The summed E-state index contributed by atoms with van der Waals surface area (Å²) in [7, 11) is 0. The third-order valence-corrected chi connectivity index (χ3v) is 18.3. The standard InChI is InChI=1S/2C10H9.C2H4.Zr/c2*1-8-6-7-9-4-2-3-5-10(8)9;1-2;/h2*2-5,7-8H,1H3;1-2H2;/t2*8-;;/m10../s1. The second-order valence-corrected chi connectivity index (χ2v) is 18.1. The van der Waals surface area contributed by atoms with Gasteiger partial charge >= 0.3 is 144 Å². The Hall–Kier alpha value is -1.20. The molecule has 2 aromatic carbocycles. The van der Waals surface area contributed by atoms with Crippen molar-refractivity contribution in [2.75, 3.05) is 0 Å². The number of hydrogen-bond donors (Lipinski definition) is 0. The van der Waals surface area contributed by atoms with Crippen LogP contribution in [0.1, 0.15) is 47.9 Å². The maximum atomic E-state index is 2.58. The zero-order chi connectivity index (χ0) is 15.6. The molecule has 1 heteroatoms. The molecule has 0 N–H and O–H groups in total. The van der Waals surface area contributed by atoms with E-state index >= 15 is 0 Å². The van der Waals surface area contributed by atoms with Gasteiger partial charge in [0.15, 0.2) is 0 Å². The van der Waals surface area contributed by atoms with Gasteiger partial charge in [-0.1, -0.05) is 0 Å². The van der Waals surface area contributed by atoms with Crippen LogP contribution in [0, 0.1) is 0 Å². The average Bonchev–Trinajstić information content (AvgIpc) is 3.22. The van der Waals surface area contributed by atoms with Crippen LogP contribution >= 0.6 is 0 Å². The number of fused-ring (bicyclic) bond motifs is 2. The van der Waals surface area contributed by atoms with Crippen LogP contribution < -0.4 is 0 Å². The quantitative estimate of drug-likeness (QED) is 0.575. The van der Waals surface area contributed by atoms with Crippen molar-refractivity contribution in [2.24, 2.45) is 0 Å². The predicted molar refractivity (Wildman–Crippen MR) is 95.3 cm³/mol. The van der Waals surface area contributed by atoms with Gasteiger partial charge in [-0.3, -0.25) is 0 Å². The van der Waals surface area contributed by atoms with Crippen molar-refractivity contribution >= 4 is 12.2 Å². The number of hydrogen-bond acceptors (Lipinski definition) is 0. The average molecular weight is 378 g/mol. The summed E-state index contributed by atoms with van der Waals surface area (Å²) in [6.45, 7) is 4.89. The molecule has 5 rings (SSSR count). The van der Waals surface area contributed by atoms with Crippen LogP contribution in [0.3, 0.4) is 0 Å². The van der Waals surface area contributed by atoms with E-state index in [1.807, 2.05) is 6.56 Å². The van der Waals surface area contributed by atoms with Gasteiger partial charge in [-0.2, -0.15) is 0 Å². The van der Waals surface area contributed by atoms with E-state index < -0.39 is 20.3 Å². The second kappa shape index (κ2) is 4.90. The molecular formula is C22H22Zr. The molecule has 2 atom stereocenters. The SMILES string of the molecule is C[C@@H]1[C]([Zr]2([C]3=Cc4ccccc4[C@H]3C)[CH2][CH2]2)=Cc2ccccc21. The van der Waals surface area contributed by atoms with Gasteiger partial charge in [0.05, 0.1) is 0 Å². The van der Waals surface area contributed by atoms with Gasteiger partial charge in [-0.25, -0.2) is 0 Å². The molecule has 1 saturated heterocycles. The van der Waals surface area contributed by atoms with Crippen LogP contribution in [0.25, 0.3) is 12.2 Å². The molecule has 2 aromatic rings. The molecular weight excluding hydrogens is 355 g/mol. The third kappa shape index (κ3) is 1.93. The van der Waals surface area contributed by atoms with E-state index in [9.17, 15) is 0 Å². The van der Waals surface area contributed by atoms with Crippen molar-refractivity contribution in [3.63, 3.8) is 0 Å². The van der Waals surface area contributed by atoms with E-state index in [1.54, 1.807) is 11.1 Å². The molecule has 114 valence electrons. The van der Waals surface area contributed by atoms with Gasteiger partial charge in [0.2, 0.25) is 0 Å². The molecule has 1 fully saturated rings. The van der Waals surface area contributed by atoms with E-state index in [2.05, 4.69) is 74.5 Å². The van der Waals surface area contributed by atoms with Gasteiger partial charge in [0.25, 0.3) is 0 Å². The van der Waals surface area contributed by atoms with Gasteiger partial charge < -0.3 is 0 Å². The fourth-order valence-corrected chi connectivity index (χ4v) is 19.8. The predicted octanol–water partition coefficient (Wildman–Crippen LogP) is 6.31. The Bertz CT molecular complexity index is 798. The van der Waals surface area contributed by atoms with Crippen molar-refractivity contribution in [2.45, 2.75) is 33.9 Å². The van der Waals surface area contributed by atoms with Crippen molar-refractivity contribution in [1.82, 2.24) is 0 Å². The van der Waals surface area contributed by atoms with E-state index in [1.165, 1.54) is 19.4 Å². The Labute approximate surface area is 143 Å². The van der Waals surface area contributed by atoms with Crippen LogP contribution in [0.5, 0.6) is 0 Å². The molecule has 0 aromatic heterocycles. The summed E-state index contributed by atoms with van der Waals surface area (Å²) in [5.41, 5.74) is 6.10. The van der Waals surface area contributed by atoms with E-state index in [0.29, 0.717) is 11.8 Å². The number of benzene rings is 2. The van der Waals surface area contributed by atoms with Gasteiger partial charge in [-0.05, 0) is 0 Å². The minimum atomic E-state index is -2.27. The fraction of sp³-hybridized carbons (Fsp3) is 0.273. The fourth-order valence-electron chi connectivity index (χ4n) is 4.97. The van der Waals surface area contributed by atoms with Crippen molar-refractivity contribution < 1.29 is 20.3 Å². The molecule has 1 aliphatic heterocycles. The zero-order valence-electron chi connectivity index (χ0n) is 13.8. The third-order valence-electron chi connectivity index (χ3n) is 6.34. The minimum absolute atomic E-state index is 0.654. The molecule has 0 amide bonds. The monoisotopic (exact) mass is 376 g/mol. The summed E-state index contributed by atoms with van der Waals surface area (Å²) in [6.07, 6.45) is 5.17. The molecule has 2 aliphatic carbocycles. The Morgan fingerprint density at radius 2 is 1.13 bits per heavy atom. The summed E-state index contributed by atoms with van der Waals surface area (Å²) in [5, 5.41) is 0. The summed E-state index contributed by atoms with van der Waals surface area (Å²) in [6, 6.07) is 18.1. The van der Waals surface area contributed by atoms with E-state index in [0.717, 1.165) is 0 Å². The summed E-state index contributed by atoms with van der Waals surface area (Å²) < 4.78 is 6.80. The van der Waals surface area contributed by atoms with Gasteiger partial charge in [0, 0.05) is 0 Å². The van der Waals surface area contributed by atoms with Crippen molar-refractivity contribution in [3.8, 4) is 0 Å². The molecule has 0 unspecified atom stereocenters. The first kappa shape index (κ1) is 14.2. The van der Waals surface area contributed by atoms with Crippen LogP contribution in [0.4, 0.5) is 0 Å². The van der Waals surface area contributed by atoms with Gasteiger partial charge in [0.1, 0.15) is 0 Å². The van der Waals surface area contributed by atoms with E-state index in [-0.39, 0.29) is 0 Å². The molecule has 0 bridgehead atoms. The normalized spacial score (nSPS) is 26.3. The van der Waals surface area contributed by atoms with Crippen molar-refractivity contribution in [3.05, 3.63) is 77.3 Å². The maximum absolute atomic E-state index is 2.58. The molecule has 0 spiro atoms. The Morgan fingerprint density at radius 3 is 1.52 bits per heavy atom. The van der Waals surface area contributed by atoms with Crippen LogP contribution in [0.2, 0.25) is 8.26 Å². The number of rotatable bonds is 2. The second-order valence-electron chi connectivity index (χ2n) is 7.48. The zero-order valence-corrected chi connectivity index (χ0v) is 16.3. The van der Waals surface area contributed by atoms with Crippen LogP contribution in [0.15, 0.2) is 55.1 Å². The van der Waals surface area contributed by atoms with Crippen molar-refractivity contribution in [1.29, 1.82) is 0 Å².